The molecule has 3 atom stereocenters. The average Bonchev–Trinajstić information content (AvgIpc) is 2.49. The van der Waals surface area contributed by atoms with Crippen LogP contribution >= 0.6 is 0 Å². The van der Waals surface area contributed by atoms with Gasteiger partial charge in [-0.25, -0.2) is 0 Å². The predicted molar refractivity (Wildman–Crippen MR) is 88.5 cm³/mol. The van der Waals surface area contributed by atoms with E-state index in [4.69, 9.17) is 0 Å². The molecular weight excluding hydrogens is 244 g/mol. The first kappa shape index (κ1) is 15.4. The van der Waals surface area contributed by atoms with Crippen molar-refractivity contribution >= 4 is 5.69 Å². The van der Waals surface area contributed by atoms with E-state index < -0.39 is 0 Å². The Morgan fingerprint density at radius 1 is 1.20 bits per heavy atom. The Hall–Kier alpha value is -1.02. The third kappa shape index (κ3) is 3.17. The van der Waals surface area contributed by atoms with Crippen molar-refractivity contribution in [1.82, 2.24) is 5.32 Å². The number of benzene rings is 1. The van der Waals surface area contributed by atoms with E-state index in [0.717, 1.165) is 12.5 Å². The number of aryl methyl sites for hydroxylation is 1. The Morgan fingerprint density at radius 3 is 2.55 bits per heavy atom. The van der Waals surface area contributed by atoms with E-state index in [9.17, 15) is 0 Å². The molecule has 0 aromatic heterocycles. The Labute approximate surface area is 124 Å². The lowest BCUT2D eigenvalue weighted by atomic mass is 9.80. The molecule has 2 nitrogen and oxygen atoms in total. The van der Waals surface area contributed by atoms with Crippen LogP contribution in [0.15, 0.2) is 24.3 Å². The summed E-state index contributed by atoms with van der Waals surface area (Å²) in [5, 5.41) is 3.56. The number of likely N-dealkylation sites (N-methyl/N-ethyl adjacent to an activating group) is 2. The molecule has 0 amide bonds. The van der Waals surface area contributed by atoms with Crippen molar-refractivity contribution in [2.75, 3.05) is 18.5 Å². The molecule has 1 aromatic carbocycles. The number of nitrogens with zero attached hydrogens (tertiary/aromatic N) is 1. The summed E-state index contributed by atoms with van der Waals surface area (Å²) in [7, 11) is 2.12. The molecule has 1 saturated carbocycles. The first-order valence-corrected chi connectivity index (χ1v) is 8.20. The van der Waals surface area contributed by atoms with Gasteiger partial charge in [0.2, 0.25) is 0 Å². The molecule has 0 bridgehead atoms. The van der Waals surface area contributed by atoms with Gasteiger partial charge in [-0.1, -0.05) is 31.5 Å². The number of hydrogen-bond donors (Lipinski definition) is 1. The fourth-order valence-electron chi connectivity index (χ4n) is 3.75. The van der Waals surface area contributed by atoms with Gasteiger partial charge in [-0.3, -0.25) is 0 Å². The van der Waals surface area contributed by atoms with Gasteiger partial charge in [0, 0.05) is 24.3 Å². The van der Waals surface area contributed by atoms with E-state index in [1.54, 1.807) is 0 Å². The van der Waals surface area contributed by atoms with Crippen molar-refractivity contribution in [1.29, 1.82) is 0 Å². The van der Waals surface area contributed by atoms with Crippen molar-refractivity contribution in [3.8, 4) is 0 Å². The monoisotopic (exact) mass is 274 g/mol. The van der Waals surface area contributed by atoms with Crippen molar-refractivity contribution in [3.63, 3.8) is 0 Å². The molecule has 2 rings (SSSR count). The van der Waals surface area contributed by atoms with Gasteiger partial charge in [0.25, 0.3) is 0 Å². The molecule has 0 heterocycles. The molecule has 2 heteroatoms. The topological polar surface area (TPSA) is 15.3 Å². The van der Waals surface area contributed by atoms with Crippen molar-refractivity contribution in [3.05, 3.63) is 29.8 Å². The normalized spacial score (nSPS) is 26.5. The maximum Gasteiger partial charge on any atom is 0.0445 e. The first-order chi connectivity index (χ1) is 9.71. The van der Waals surface area contributed by atoms with Crippen LogP contribution < -0.4 is 10.2 Å². The largest absolute Gasteiger partial charge is 0.367 e. The third-order valence-corrected chi connectivity index (χ3v) is 5.04. The molecule has 1 aromatic rings. The number of rotatable bonds is 5. The zero-order valence-electron chi connectivity index (χ0n) is 13.5. The van der Waals surface area contributed by atoms with E-state index in [1.165, 1.54) is 36.9 Å². The van der Waals surface area contributed by atoms with Gasteiger partial charge < -0.3 is 10.2 Å². The van der Waals surface area contributed by atoms with Gasteiger partial charge in [-0.05, 0) is 57.7 Å². The molecule has 0 saturated heterocycles. The van der Waals surface area contributed by atoms with Crippen LogP contribution in [0.4, 0.5) is 5.69 Å². The number of hydrogen-bond acceptors (Lipinski definition) is 2. The maximum absolute atomic E-state index is 3.56. The molecule has 0 radical (unpaired) electrons. The molecule has 3 unspecified atom stereocenters. The molecule has 1 fully saturated rings. The van der Waals surface area contributed by atoms with Crippen molar-refractivity contribution < 1.29 is 0 Å². The fraction of sp³-hybridized carbons (Fsp3) is 0.667. The smallest absolute Gasteiger partial charge is 0.0445 e. The van der Waals surface area contributed by atoms with E-state index in [1.807, 2.05) is 0 Å². The fourth-order valence-corrected chi connectivity index (χ4v) is 3.75. The van der Waals surface area contributed by atoms with E-state index in [0.29, 0.717) is 12.1 Å². The van der Waals surface area contributed by atoms with Gasteiger partial charge >= 0.3 is 0 Å². The highest BCUT2D eigenvalue weighted by atomic mass is 15.2. The lowest BCUT2D eigenvalue weighted by Crippen LogP contribution is -2.52. The third-order valence-electron chi connectivity index (χ3n) is 5.04. The summed E-state index contributed by atoms with van der Waals surface area (Å²) >= 11 is 0. The zero-order chi connectivity index (χ0) is 14.5. The van der Waals surface area contributed by atoms with Gasteiger partial charge in [0.05, 0.1) is 0 Å². The minimum atomic E-state index is 0.623. The Morgan fingerprint density at radius 2 is 1.95 bits per heavy atom. The van der Waals surface area contributed by atoms with Gasteiger partial charge in [0.15, 0.2) is 0 Å². The lowest BCUT2D eigenvalue weighted by Gasteiger charge is -2.44. The number of anilines is 1. The summed E-state index contributed by atoms with van der Waals surface area (Å²) in [5.74, 6) is 0.891. The number of nitrogens with one attached hydrogen (secondary N) is 1. The molecule has 0 aliphatic heterocycles. The van der Waals surface area contributed by atoms with Crippen LogP contribution in [-0.2, 0) is 0 Å². The molecular formula is C18H30N2. The minimum Gasteiger partial charge on any atom is -0.367 e. The highest BCUT2D eigenvalue weighted by Gasteiger charge is 2.32. The van der Waals surface area contributed by atoms with Crippen molar-refractivity contribution in [2.24, 2.45) is 5.92 Å². The highest BCUT2D eigenvalue weighted by Crippen LogP contribution is 2.33. The quantitative estimate of drug-likeness (QED) is 0.873. The van der Waals surface area contributed by atoms with Crippen LogP contribution in [0.2, 0.25) is 0 Å². The summed E-state index contributed by atoms with van der Waals surface area (Å²) in [6.45, 7) is 7.94. The minimum absolute atomic E-state index is 0.623. The first-order valence-electron chi connectivity index (χ1n) is 8.20. The van der Waals surface area contributed by atoms with Crippen LogP contribution in [0.25, 0.3) is 0 Å². The zero-order valence-corrected chi connectivity index (χ0v) is 13.5. The summed E-state index contributed by atoms with van der Waals surface area (Å²) in [4.78, 5) is 2.62. The number of para-hydroxylation sites is 1. The van der Waals surface area contributed by atoms with Crippen LogP contribution in [0.3, 0.4) is 0 Å². The predicted octanol–water partition coefficient (Wildman–Crippen LogP) is 3.99. The molecule has 112 valence electrons. The van der Waals surface area contributed by atoms with Crippen LogP contribution in [0, 0.1) is 12.8 Å². The Bertz CT molecular complexity index is 416. The second-order valence-electron chi connectivity index (χ2n) is 6.12. The standard InChI is InChI=1S/C18H30N2/c1-5-15-11-12-16(19-4)18(13-15)20(6-2)17-10-8-7-9-14(17)3/h7-10,15-16,18-19H,5-6,11-13H2,1-4H3. The SMILES string of the molecule is CCC1CCC(NC)C(N(CC)c2ccccc2C)C1. The summed E-state index contributed by atoms with van der Waals surface area (Å²) in [6, 6.07) is 10.1. The van der Waals surface area contributed by atoms with Gasteiger partial charge in [-0.2, -0.15) is 0 Å². The second kappa shape index (κ2) is 7.12. The molecule has 20 heavy (non-hydrogen) atoms. The summed E-state index contributed by atoms with van der Waals surface area (Å²) < 4.78 is 0. The maximum atomic E-state index is 3.56. The van der Waals surface area contributed by atoms with E-state index in [2.05, 4.69) is 62.3 Å². The molecule has 1 aliphatic rings. The Kier molecular flexibility index (Phi) is 5.47. The van der Waals surface area contributed by atoms with E-state index >= 15 is 0 Å². The lowest BCUT2D eigenvalue weighted by molar-refractivity contribution is 0.251. The van der Waals surface area contributed by atoms with Crippen LogP contribution in [-0.4, -0.2) is 25.7 Å². The molecule has 1 aliphatic carbocycles. The van der Waals surface area contributed by atoms with Gasteiger partial charge in [-0.15, -0.1) is 0 Å². The van der Waals surface area contributed by atoms with Crippen molar-refractivity contribution in [2.45, 2.75) is 58.5 Å². The van der Waals surface area contributed by atoms with Crippen LogP contribution in [0.5, 0.6) is 0 Å². The Balaban J connectivity index is 2.25. The summed E-state index contributed by atoms with van der Waals surface area (Å²) in [5.41, 5.74) is 2.81. The average molecular weight is 274 g/mol. The second-order valence-corrected chi connectivity index (χ2v) is 6.12. The highest BCUT2D eigenvalue weighted by molar-refractivity contribution is 5.54. The van der Waals surface area contributed by atoms with E-state index in [-0.39, 0.29) is 0 Å². The summed E-state index contributed by atoms with van der Waals surface area (Å²) in [6.07, 6.45) is 5.33. The van der Waals surface area contributed by atoms with Crippen LogP contribution in [0.1, 0.15) is 45.1 Å². The molecule has 0 spiro atoms. The van der Waals surface area contributed by atoms with Gasteiger partial charge in [0.1, 0.15) is 0 Å². The molecule has 1 N–H and O–H groups in total.